The average molecular weight is 536 g/mol. The molecule has 2 aromatic rings. The van der Waals surface area contributed by atoms with Crippen LogP contribution in [0.1, 0.15) is 21.5 Å². The molecule has 2 saturated heterocycles. The quantitative estimate of drug-likeness (QED) is 0.623. The SMILES string of the molecule is Cc1ccc2cc1Oc1cccc(c1)CO[C@H]1CN(C(=O)CN3CCN(C)C3=O)C[C@@H]1NC(=O)CN(C)C2=O. The summed E-state index contributed by atoms with van der Waals surface area (Å²) in [6.45, 7) is 3.57. The van der Waals surface area contributed by atoms with Crippen molar-refractivity contribution in [2.45, 2.75) is 25.7 Å². The molecule has 206 valence electrons. The maximum Gasteiger partial charge on any atom is 0.320 e. The number of urea groups is 1. The van der Waals surface area contributed by atoms with Gasteiger partial charge in [0, 0.05) is 45.8 Å². The largest absolute Gasteiger partial charge is 0.457 e. The van der Waals surface area contributed by atoms with Crippen LogP contribution in [0.5, 0.6) is 11.5 Å². The van der Waals surface area contributed by atoms with E-state index < -0.39 is 12.1 Å². The molecule has 2 aromatic carbocycles. The average Bonchev–Trinajstić information content (AvgIpc) is 3.45. The summed E-state index contributed by atoms with van der Waals surface area (Å²) in [5, 5.41) is 2.96. The van der Waals surface area contributed by atoms with E-state index in [9.17, 15) is 19.2 Å². The number of nitrogens with zero attached hydrogens (tertiary/aromatic N) is 4. The van der Waals surface area contributed by atoms with Crippen LogP contribution in [0.2, 0.25) is 0 Å². The van der Waals surface area contributed by atoms with Gasteiger partial charge in [-0.3, -0.25) is 14.4 Å². The van der Waals surface area contributed by atoms with E-state index in [1.54, 1.807) is 36.0 Å². The van der Waals surface area contributed by atoms with Crippen LogP contribution >= 0.6 is 0 Å². The van der Waals surface area contributed by atoms with Crippen LogP contribution in [0.25, 0.3) is 0 Å². The minimum Gasteiger partial charge on any atom is -0.457 e. The van der Waals surface area contributed by atoms with Gasteiger partial charge in [0.25, 0.3) is 5.91 Å². The van der Waals surface area contributed by atoms with Crippen molar-refractivity contribution in [1.29, 1.82) is 0 Å². The lowest BCUT2D eigenvalue weighted by atomic mass is 10.1. The Labute approximate surface area is 227 Å². The minimum atomic E-state index is -0.472. The van der Waals surface area contributed by atoms with Gasteiger partial charge in [0.15, 0.2) is 0 Å². The molecule has 0 spiro atoms. The molecule has 2 atom stereocenters. The number of hydrogen-bond donors (Lipinski definition) is 1. The first kappa shape index (κ1) is 26.5. The number of ether oxygens (including phenoxy) is 2. The molecule has 3 aliphatic rings. The van der Waals surface area contributed by atoms with Gasteiger partial charge >= 0.3 is 6.03 Å². The van der Waals surface area contributed by atoms with Crippen molar-refractivity contribution in [2.24, 2.45) is 0 Å². The highest BCUT2D eigenvalue weighted by atomic mass is 16.5. The summed E-state index contributed by atoms with van der Waals surface area (Å²) in [4.78, 5) is 57.5. The second kappa shape index (κ2) is 10.9. The summed E-state index contributed by atoms with van der Waals surface area (Å²) in [6, 6.07) is 12.0. The van der Waals surface area contributed by atoms with E-state index in [4.69, 9.17) is 9.47 Å². The first-order chi connectivity index (χ1) is 18.7. The lowest BCUT2D eigenvalue weighted by Crippen LogP contribution is -2.48. The first-order valence-electron chi connectivity index (χ1n) is 13.0. The van der Waals surface area contributed by atoms with Gasteiger partial charge < -0.3 is 34.4 Å². The van der Waals surface area contributed by atoms with E-state index in [0.29, 0.717) is 30.2 Å². The molecule has 11 nitrogen and oxygen atoms in total. The Balaban J connectivity index is 1.37. The topological polar surface area (TPSA) is 112 Å². The first-order valence-corrected chi connectivity index (χ1v) is 13.0. The molecular weight excluding hydrogens is 502 g/mol. The summed E-state index contributed by atoms with van der Waals surface area (Å²) < 4.78 is 12.3. The van der Waals surface area contributed by atoms with Crippen LogP contribution in [-0.4, -0.2) is 109 Å². The molecular formula is C28H33N5O6. The highest BCUT2D eigenvalue weighted by molar-refractivity contribution is 5.97. The lowest BCUT2D eigenvalue weighted by molar-refractivity contribution is -0.131. The Hall–Kier alpha value is -4.12. The van der Waals surface area contributed by atoms with E-state index in [1.807, 2.05) is 37.3 Å². The van der Waals surface area contributed by atoms with Crippen LogP contribution in [0, 0.1) is 6.92 Å². The molecule has 0 saturated carbocycles. The number of fused-ring (bicyclic) bond motifs is 5. The second-order valence-electron chi connectivity index (χ2n) is 10.3. The van der Waals surface area contributed by atoms with E-state index in [-0.39, 0.29) is 56.5 Å². The molecule has 1 N–H and O–H groups in total. The van der Waals surface area contributed by atoms with Gasteiger partial charge in [0.1, 0.15) is 18.0 Å². The Kier molecular flexibility index (Phi) is 7.42. The van der Waals surface area contributed by atoms with Gasteiger partial charge in [0.05, 0.1) is 25.3 Å². The zero-order valence-corrected chi connectivity index (χ0v) is 22.4. The summed E-state index contributed by atoms with van der Waals surface area (Å²) in [5.41, 5.74) is 2.15. The third-order valence-electron chi connectivity index (χ3n) is 7.35. The number of carbonyl (C=O) groups is 4. The van der Waals surface area contributed by atoms with Crippen molar-refractivity contribution in [3.63, 3.8) is 0 Å². The number of nitrogens with one attached hydrogen (secondary N) is 1. The Bertz CT molecular complexity index is 1300. The van der Waals surface area contributed by atoms with E-state index in [0.717, 1.165) is 11.1 Å². The third-order valence-corrected chi connectivity index (χ3v) is 7.35. The maximum atomic E-state index is 13.1. The molecule has 5 rings (SSSR count). The van der Waals surface area contributed by atoms with Gasteiger partial charge in [0.2, 0.25) is 11.8 Å². The number of benzene rings is 2. The van der Waals surface area contributed by atoms with Crippen molar-refractivity contribution in [3.8, 4) is 11.5 Å². The maximum absolute atomic E-state index is 13.1. The molecule has 3 aliphatic heterocycles. The molecule has 4 bridgehead atoms. The highest BCUT2D eigenvalue weighted by Gasteiger charge is 2.38. The van der Waals surface area contributed by atoms with E-state index in [2.05, 4.69) is 5.32 Å². The normalized spacial score (nSPS) is 22.1. The Morgan fingerprint density at radius 1 is 1.03 bits per heavy atom. The standard InChI is InChI=1S/C28H33N5O6/c1-18-7-8-20-12-23(18)39-21-6-4-5-19(11-21)17-38-24-14-33(26(35)16-32-10-9-30(2)28(32)37)13-22(24)29-25(34)15-31(3)27(20)36/h4-8,11-12,22,24H,9-10,13-17H2,1-3H3,(H,29,34)/t22-,24-/m0/s1. The van der Waals surface area contributed by atoms with E-state index >= 15 is 0 Å². The Morgan fingerprint density at radius 2 is 1.85 bits per heavy atom. The van der Waals surface area contributed by atoms with Crippen molar-refractivity contribution in [3.05, 3.63) is 59.2 Å². The number of aryl methyl sites for hydroxylation is 1. The molecule has 2 fully saturated rings. The summed E-state index contributed by atoms with van der Waals surface area (Å²) >= 11 is 0. The van der Waals surface area contributed by atoms with Gasteiger partial charge in [-0.25, -0.2) is 4.79 Å². The van der Waals surface area contributed by atoms with Crippen LogP contribution in [-0.2, 0) is 20.9 Å². The van der Waals surface area contributed by atoms with Crippen LogP contribution in [0.4, 0.5) is 4.79 Å². The monoisotopic (exact) mass is 535 g/mol. The summed E-state index contributed by atoms with van der Waals surface area (Å²) in [6.07, 6.45) is -0.469. The fourth-order valence-electron chi connectivity index (χ4n) is 5.03. The molecule has 3 heterocycles. The van der Waals surface area contributed by atoms with Crippen molar-refractivity contribution in [1.82, 2.24) is 24.9 Å². The summed E-state index contributed by atoms with van der Waals surface area (Å²) in [7, 11) is 3.27. The van der Waals surface area contributed by atoms with Gasteiger partial charge in [-0.1, -0.05) is 18.2 Å². The van der Waals surface area contributed by atoms with Gasteiger partial charge in [-0.05, 0) is 42.3 Å². The second-order valence-corrected chi connectivity index (χ2v) is 10.3. The number of hydrogen-bond acceptors (Lipinski definition) is 6. The number of likely N-dealkylation sites (N-methyl/N-ethyl adjacent to an activating group) is 2. The molecule has 0 unspecified atom stereocenters. The van der Waals surface area contributed by atoms with E-state index in [1.165, 1.54) is 9.80 Å². The van der Waals surface area contributed by atoms with Crippen molar-refractivity contribution >= 4 is 23.8 Å². The smallest absolute Gasteiger partial charge is 0.320 e. The predicted octanol–water partition coefficient (Wildman–Crippen LogP) is 1.45. The predicted molar refractivity (Wildman–Crippen MR) is 141 cm³/mol. The van der Waals surface area contributed by atoms with Crippen molar-refractivity contribution < 1.29 is 28.7 Å². The number of likely N-dealkylation sites (tertiary alicyclic amines) is 1. The molecule has 0 aromatic heterocycles. The fraction of sp³-hybridized carbons (Fsp3) is 0.429. The number of rotatable bonds is 2. The number of carbonyl (C=O) groups excluding carboxylic acids is 4. The highest BCUT2D eigenvalue weighted by Crippen LogP contribution is 2.28. The van der Waals surface area contributed by atoms with Gasteiger partial charge in [-0.15, -0.1) is 0 Å². The van der Waals surface area contributed by atoms with Crippen molar-refractivity contribution in [2.75, 3.05) is 53.4 Å². The lowest BCUT2D eigenvalue weighted by Gasteiger charge is -2.23. The van der Waals surface area contributed by atoms with Gasteiger partial charge in [-0.2, -0.15) is 0 Å². The van der Waals surface area contributed by atoms with Crippen LogP contribution in [0.15, 0.2) is 42.5 Å². The molecule has 39 heavy (non-hydrogen) atoms. The molecule has 0 radical (unpaired) electrons. The zero-order valence-electron chi connectivity index (χ0n) is 22.4. The molecule has 5 amide bonds. The number of amides is 5. The molecule has 11 heteroatoms. The third kappa shape index (κ3) is 5.83. The minimum absolute atomic E-state index is 0.0227. The molecule has 0 aliphatic carbocycles. The van der Waals surface area contributed by atoms with Crippen LogP contribution < -0.4 is 10.1 Å². The van der Waals surface area contributed by atoms with Crippen LogP contribution in [0.3, 0.4) is 0 Å². The zero-order chi connectivity index (χ0) is 27.7. The fourth-order valence-corrected chi connectivity index (χ4v) is 5.03. The Morgan fingerprint density at radius 3 is 2.62 bits per heavy atom. The summed E-state index contributed by atoms with van der Waals surface area (Å²) in [5.74, 6) is 0.293.